The van der Waals surface area contributed by atoms with Gasteiger partial charge in [-0.2, -0.15) is 0 Å². The Hall–Kier alpha value is -3.13. The van der Waals surface area contributed by atoms with Crippen LogP contribution in [0.15, 0.2) is 24.3 Å². The summed E-state index contributed by atoms with van der Waals surface area (Å²) < 4.78 is 10.5. The van der Waals surface area contributed by atoms with Gasteiger partial charge < -0.3 is 24.7 Å². The van der Waals surface area contributed by atoms with E-state index in [4.69, 9.17) is 9.47 Å². The number of amides is 2. The fraction of sp³-hybridized carbons (Fsp3) is 0.435. The number of methoxy groups -OCH3 is 1. The fourth-order valence-electron chi connectivity index (χ4n) is 3.95. The number of carbonyl (C=O) groups excluding carboxylic acids is 3. The predicted octanol–water partition coefficient (Wildman–Crippen LogP) is 2.60. The van der Waals surface area contributed by atoms with Crippen molar-refractivity contribution in [3.8, 4) is 0 Å². The van der Waals surface area contributed by atoms with Crippen molar-refractivity contribution in [2.24, 2.45) is 0 Å². The zero-order valence-electron chi connectivity index (χ0n) is 18.6. The summed E-state index contributed by atoms with van der Waals surface area (Å²) in [6, 6.07) is 7.20. The van der Waals surface area contributed by atoms with Crippen molar-refractivity contribution in [2.75, 3.05) is 20.2 Å². The highest BCUT2D eigenvalue weighted by molar-refractivity contribution is 6.00. The van der Waals surface area contributed by atoms with Gasteiger partial charge in [0.15, 0.2) is 0 Å². The van der Waals surface area contributed by atoms with E-state index in [1.165, 1.54) is 7.11 Å². The van der Waals surface area contributed by atoms with Crippen molar-refractivity contribution in [1.82, 2.24) is 15.2 Å². The first-order valence-corrected chi connectivity index (χ1v) is 10.3. The second-order valence-corrected chi connectivity index (χ2v) is 7.96. The number of benzene rings is 1. The lowest BCUT2D eigenvalue weighted by Gasteiger charge is -2.35. The van der Waals surface area contributed by atoms with Crippen LogP contribution in [-0.2, 0) is 16.0 Å². The summed E-state index contributed by atoms with van der Waals surface area (Å²) >= 11 is 0. The Morgan fingerprint density at radius 2 is 1.74 bits per heavy atom. The van der Waals surface area contributed by atoms with Crippen LogP contribution in [0.5, 0.6) is 0 Å². The smallest absolute Gasteiger partial charge is 0.339 e. The Bertz CT molecular complexity index is 970. The summed E-state index contributed by atoms with van der Waals surface area (Å²) in [7, 11) is 1.31. The number of rotatable bonds is 5. The maximum absolute atomic E-state index is 12.8. The van der Waals surface area contributed by atoms with Gasteiger partial charge in [0.05, 0.1) is 24.9 Å². The van der Waals surface area contributed by atoms with Gasteiger partial charge in [0.1, 0.15) is 5.69 Å². The van der Waals surface area contributed by atoms with E-state index < -0.39 is 5.97 Å². The number of nitrogens with one attached hydrogen (secondary N) is 2. The number of hydrogen-bond donors (Lipinski definition) is 2. The first kappa shape index (κ1) is 22.6. The van der Waals surface area contributed by atoms with Crippen molar-refractivity contribution in [2.45, 2.75) is 46.4 Å². The number of esters is 1. The summed E-state index contributed by atoms with van der Waals surface area (Å²) in [5.74, 6) is -0.813. The van der Waals surface area contributed by atoms with Crippen LogP contribution in [-0.4, -0.2) is 60.1 Å². The van der Waals surface area contributed by atoms with Gasteiger partial charge in [-0.3, -0.25) is 9.59 Å². The van der Waals surface area contributed by atoms with Crippen LogP contribution in [0, 0.1) is 13.8 Å². The zero-order chi connectivity index (χ0) is 22.7. The summed E-state index contributed by atoms with van der Waals surface area (Å²) in [6.07, 6.45) is 0.0314. The average molecular weight is 428 g/mol. The number of morpholine rings is 1. The predicted molar refractivity (Wildman–Crippen MR) is 115 cm³/mol. The highest BCUT2D eigenvalue weighted by Gasteiger charge is 2.26. The molecule has 2 aromatic rings. The van der Waals surface area contributed by atoms with Crippen LogP contribution in [0.3, 0.4) is 0 Å². The van der Waals surface area contributed by atoms with Crippen LogP contribution >= 0.6 is 0 Å². The minimum atomic E-state index is -0.477. The van der Waals surface area contributed by atoms with Gasteiger partial charge in [-0.1, -0.05) is 12.1 Å². The second kappa shape index (κ2) is 9.34. The van der Waals surface area contributed by atoms with Crippen LogP contribution in [0.1, 0.15) is 61.9 Å². The molecule has 0 saturated carbocycles. The third-order valence-electron chi connectivity index (χ3n) is 5.41. The van der Waals surface area contributed by atoms with E-state index in [0.29, 0.717) is 47.7 Å². The molecule has 1 aliphatic heterocycles. The number of H-pyrrole nitrogens is 1. The van der Waals surface area contributed by atoms with Crippen molar-refractivity contribution in [1.29, 1.82) is 0 Å². The van der Waals surface area contributed by atoms with Crippen LogP contribution in [0.25, 0.3) is 0 Å². The van der Waals surface area contributed by atoms with Gasteiger partial charge in [0.25, 0.3) is 11.8 Å². The number of aryl methyl sites for hydroxylation is 1. The molecule has 0 spiro atoms. The monoisotopic (exact) mass is 427 g/mol. The third kappa shape index (κ3) is 4.96. The molecule has 166 valence electrons. The number of hydrogen-bond acceptors (Lipinski definition) is 5. The first-order chi connectivity index (χ1) is 14.7. The number of aromatic nitrogens is 1. The SMILES string of the molecule is COC(=O)c1c(C)[nH]c(C(=O)NCc2ccc(C(=O)N3CC(C)OC(C)C3)cc2)c1C. The molecular formula is C23H29N3O5. The van der Waals surface area contributed by atoms with E-state index in [0.717, 1.165) is 5.56 Å². The molecule has 1 aliphatic rings. The summed E-state index contributed by atoms with van der Waals surface area (Å²) in [5.41, 5.74) is 3.32. The van der Waals surface area contributed by atoms with Gasteiger partial charge in [0.2, 0.25) is 0 Å². The normalized spacial score (nSPS) is 18.5. The molecule has 1 aromatic heterocycles. The van der Waals surface area contributed by atoms with E-state index >= 15 is 0 Å². The number of aromatic amines is 1. The Morgan fingerprint density at radius 1 is 1.13 bits per heavy atom. The van der Waals surface area contributed by atoms with Crippen LogP contribution in [0.4, 0.5) is 0 Å². The van der Waals surface area contributed by atoms with Crippen LogP contribution in [0.2, 0.25) is 0 Å². The number of nitrogens with zero attached hydrogens (tertiary/aromatic N) is 1. The molecule has 0 aliphatic carbocycles. The van der Waals surface area contributed by atoms with Crippen LogP contribution < -0.4 is 5.32 Å². The minimum absolute atomic E-state index is 0.0157. The van der Waals surface area contributed by atoms with Crippen molar-refractivity contribution in [3.63, 3.8) is 0 Å². The topological polar surface area (TPSA) is 101 Å². The van der Waals surface area contributed by atoms with Crippen molar-refractivity contribution in [3.05, 3.63) is 57.9 Å². The average Bonchev–Trinajstić information content (AvgIpc) is 3.04. The molecule has 1 fully saturated rings. The molecule has 8 heteroatoms. The number of ether oxygens (including phenoxy) is 2. The maximum Gasteiger partial charge on any atom is 0.339 e. The second-order valence-electron chi connectivity index (χ2n) is 7.96. The summed E-state index contributed by atoms with van der Waals surface area (Å²) in [6.45, 7) is 8.80. The Morgan fingerprint density at radius 3 is 2.32 bits per heavy atom. The molecule has 2 amide bonds. The van der Waals surface area contributed by atoms with Gasteiger partial charge in [0, 0.05) is 30.9 Å². The molecule has 1 saturated heterocycles. The summed E-state index contributed by atoms with van der Waals surface area (Å²) in [4.78, 5) is 42.0. The molecule has 2 unspecified atom stereocenters. The quantitative estimate of drug-likeness (QED) is 0.715. The molecule has 2 heterocycles. The van der Waals surface area contributed by atoms with Gasteiger partial charge >= 0.3 is 5.97 Å². The molecule has 3 rings (SSSR count). The van der Waals surface area contributed by atoms with Gasteiger partial charge in [-0.15, -0.1) is 0 Å². The van der Waals surface area contributed by atoms with E-state index in [9.17, 15) is 14.4 Å². The molecule has 2 atom stereocenters. The maximum atomic E-state index is 12.8. The Kier molecular flexibility index (Phi) is 6.80. The molecule has 1 aromatic carbocycles. The fourth-order valence-corrected chi connectivity index (χ4v) is 3.95. The molecule has 31 heavy (non-hydrogen) atoms. The van der Waals surface area contributed by atoms with E-state index in [2.05, 4.69) is 10.3 Å². The third-order valence-corrected chi connectivity index (χ3v) is 5.41. The van der Waals surface area contributed by atoms with E-state index in [1.54, 1.807) is 26.0 Å². The summed E-state index contributed by atoms with van der Waals surface area (Å²) in [5, 5.41) is 2.84. The van der Waals surface area contributed by atoms with Gasteiger partial charge in [-0.05, 0) is 51.0 Å². The Labute approximate surface area is 181 Å². The van der Waals surface area contributed by atoms with Crippen molar-refractivity contribution >= 4 is 17.8 Å². The largest absolute Gasteiger partial charge is 0.465 e. The molecule has 2 N–H and O–H groups in total. The minimum Gasteiger partial charge on any atom is -0.465 e. The molecular weight excluding hydrogens is 398 g/mol. The first-order valence-electron chi connectivity index (χ1n) is 10.3. The lowest BCUT2D eigenvalue weighted by molar-refractivity contribution is -0.0586. The molecule has 0 bridgehead atoms. The van der Waals surface area contributed by atoms with Gasteiger partial charge in [-0.25, -0.2) is 4.79 Å². The number of carbonyl (C=O) groups is 3. The van der Waals surface area contributed by atoms with Crippen molar-refractivity contribution < 1.29 is 23.9 Å². The zero-order valence-corrected chi connectivity index (χ0v) is 18.6. The van der Waals surface area contributed by atoms with E-state index in [1.807, 2.05) is 30.9 Å². The lowest BCUT2D eigenvalue weighted by Crippen LogP contribution is -2.48. The standard InChI is InChI=1S/C23H29N3O5/c1-13-11-26(12-14(2)31-13)22(28)18-8-6-17(7-9-18)10-24-21(27)20-15(3)19(16(4)25-20)23(29)30-5/h6-9,13-14,25H,10-12H2,1-5H3,(H,24,27). The highest BCUT2D eigenvalue weighted by atomic mass is 16.5. The molecule has 0 radical (unpaired) electrons. The lowest BCUT2D eigenvalue weighted by atomic mass is 10.1. The Balaban J connectivity index is 1.62. The molecule has 8 nitrogen and oxygen atoms in total. The highest BCUT2D eigenvalue weighted by Crippen LogP contribution is 2.19. The van der Waals surface area contributed by atoms with E-state index in [-0.39, 0.29) is 24.0 Å².